The fourth-order valence-corrected chi connectivity index (χ4v) is 4.22. The first kappa shape index (κ1) is 14.5. The Hall–Kier alpha value is -1.40. The Morgan fingerprint density at radius 1 is 1.33 bits per heavy atom. The molecule has 5 atom stereocenters. The fraction of sp³-hybridized carbons (Fsp3) is 0.733. The lowest BCUT2D eigenvalue weighted by Gasteiger charge is -2.34. The summed E-state index contributed by atoms with van der Waals surface area (Å²) in [5.41, 5.74) is -1.30. The van der Waals surface area contributed by atoms with Crippen molar-refractivity contribution in [1.82, 2.24) is 0 Å². The summed E-state index contributed by atoms with van der Waals surface area (Å²) in [6.07, 6.45) is -0.233. The van der Waals surface area contributed by atoms with Crippen LogP contribution in [-0.4, -0.2) is 45.6 Å². The van der Waals surface area contributed by atoms with Gasteiger partial charge in [-0.1, -0.05) is 0 Å². The number of esters is 1. The number of carbonyl (C=O) groups excluding carboxylic acids is 1. The van der Waals surface area contributed by atoms with Gasteiger partial charge in [0, 0.05) is 17.6 Å². The third kappa shape index (κ3) is 2.00. The van der Waals surface area contributed by atoms with Crippen molar-refractivity contribution in [1.29, 1.82) is 0 Å². The van der Waals surface area contributed by atoms with E-state index in [1.54, 1.807) is 13.8 Å². The number of carboxylic acid groups (broad SMARTS) is 1. The second-order valence-corrected chi connectivity index (χ2v) is 7.10. The highest BCUT2D eigenvalue weighted by atomic mass is 16.5. The van der Waals surface area contributed by atoms with Crippen molar-refractivity contribution in [3.8, 4) is 0 Å². The Balaban J connectivity index is 2.03. The lowest BCUT2D eigenvalue weighted by atomic mass is 9.77. The first-order valence-corrected chi connectivity index (χ1v) is 7.18. The number of aliphatic hydroxyl groups excluding tert-OH is 1. The van der Waals surface area contributed by atoms with E-state index < -0.39 is 29.1 Å². The number of rotatable bonds is 1. The molecule has 1 saturated carbocycles. The number of cyclic esters (lactones) is 1. The largest absolute Gasteiger partial charge is 0.481 e. The molecule has 0 bridgehead atoms. The van der Waals surface area contributed by atoms with Crippen LogP contribution in [0.3, 0.4) is 0 Å². The lowest BCUT2D eigenvalue weighted by Crippen LogP contribution is -2.39. The molecular formula is C15H20O6. The van der Waals surface area contributed by atoms with Crippen molar-refractivity contribution in [2.24, 2.45) is 17.3 Å². The van der Waals surface area contributed by atoms with Crippen LogP contribution >= 0.6 is 0 Å². The van der Waals surface area contributed by atoms with E-state index in [1.807, 2.05) is 0 Å². The van der Waals surface area contributed by atoms with Gasteiger partial charge in [-0.15, -0.1) is 0 Å². The molecule has 2 aliphatic carbocycles. The van der Waals surface area contributed by atoms with E-state index in [-0.39, 0.29) is 31.3 Å². The van der Waals surface area contributed by atoms with Crippen LogP contribution in [0.5, 0.6) is 0 Å². The summed E-state index contributed by atoms with van der Waals surface area (Å²) in [6.45, 7) is 3.31. The molecule has 0 unspecified atom stereocenters. The molecule has 1 fully saturated rings. The van der Waals surface area contributed by atoms with E-state index in [0.29, 0.717) is 17.6 Å². The van der Waals surface area contributed by atoms with E-state index >= 15 is 0 Å². The van der Waals surface area contributed by atoms with Gasteiger partial charge in [-0.05, 0) is 38.5 Å². The van der Waals surface area contributed by atoms with Gasteiger partial charge in [0.2, 0.25) is 0 Å². The summed E-state index contributed by atoms with van der Waals surface area (Å²) in [4.78, 5) is 23.2. The number of ether oxygens (including phenoxy) is 1. The molecule has 0 saturated heterocycles. The van der Waals surface area contributed by atoms with Crippen LogP contribution in [0.2, 0.25) is 0 Å². The Kier molecular flexibility index (Phi) is 2.98. The van der Waals surface area contributed by atoms with Gasteiger partial charge in [-0.25, -0.2) is 4.79 Å². The molecular weight excluding hydrogens is 276 g/mol. The van der Waals surface area contributed by atoms with E-state index in [9.17, 15) is 24.9 Å². The number of hydrogen-bond donors (Lipinski definition) is 3. The highest BCUT2D eigenvalue weighted by molar-refractivity contribution is 5.92. The molecule has 6 nitrogen and oxygen atoms in total. The van der Waals surface area contributed by atoms with E-state index in [4.69, 9.17) is 4.74 Å². The molecule has 0 amide bonds. The minimum Gasteiger partial charge on any atom is -0.481 e. The van der Waals surface area contributed by atoms with Crippen LogP contribution in [0.4, 0.5) is 0 Å². The van der Waals surface area contributed by atoms with Crippen molar-refractivity contribution in [2.45, 2.75) is 44.8 Å². The molecule has 21 heavy (non-hydrogen) atoms. The maximum absolute atomic E-state index is 11.8. The van der Waals surface area contributed by atoms with Crippen molar-refractivity contribution >= 4 is 11.9 Å². The van der Waals surface area contributed by atoms with Crippen molar-refractivity contribution in [3.05, 3.63) is 11.1 Å². The van der Waals surface area contributed by atoms with Crippen molar-refractivity contribution in [3.63, 3.8) is 0 Å². The Labute approximate surface area is 122 Å². The number of carboxylic acids is 1. The number of hydrogen-bond acceptors (Lipinski definition) is 5. The van der Waals surface area contributed by atoms with Crippen LogP contribution in [0.15, 0.2) is 11.1 Å². The van der Waals surface area contributed by atoms with Crippen molar-refractivity contribution in [2.75, 3.05) is 6.61 Å². The first-order valence-electron chi connectivity index (χ1n) is 7.18. The second kappa shape index (κ2) is 4.30. The van der Waals surface area contributed by atoms with Crippen LogP contribution in [-0.2, 0) is 14.3 Å². The summed E-state index contributed by atoms with van der Waals surface area (Å²) in [7, 11) is 0. The zero-order valence-electron chi connectivity index (χ0n) is 12.1. The van der Waals surface area contributed by atoms with Crippen LogP contribution in [0.25, 0.3) is 0 Å². The normalized spacial score (nSPS) is 45.9. The van der Waals surface area contributed by atoms with Crippen molar-refractivity contribution < 1.29 is 29.6 Å². The molecule has 3 aliphatic rings. The lowest BCUT2D eigenvalue weighted by molar-refractivity contribution is -0.148. The number of aliphatic carboxylic acids is 1. The predicted molar refractivity (Wildman–Crippen MR) is 71.2 cm³/mol. The van der Waals surface area contributed by atoms with E-state index in [0.717, 1.165) is 0 Å². The van der Waals surface area contributed by atoms with Gasteiger partial charge < -0.3 is 20.1 Å². The molecule has 0 radical (unpaired) electrons. The highest BCUT2D eigenvalue weighted by Gasteiger charge is 2.58. The molecule has 6 heteroatoms. The summed E-state index contributed by atoms with van der Waals surface area (Å²) >= 11 is 0. The van der Waals surface area contributed by atoms with E-state index in [1.165, 1.54) is 0 Å². The molecule has 0 aromatic heterocycles. The van der Waals surface area contributed by atoms with Gasteiger partial charge in [-0.3, -0.25) is 4.79 Å². The third-order valence-corrected chi connectivity index (χ3v) is 5.48. The fourth-order valence-electron chi connectivity index (χ4n) is 4.22. The zero-order chi connectivity index (χ0) is 15.6. The summed E-state index contributed by atoms with van der Waals surface area (Å²) in [5.74, 6) is -2.12. The van der Waals surface area contributed by atoms with Crippen LogP contribution in [0, 0.1) is 17.3 Å². The molecule has 1 heterocycles. The Morgan fingerprint density at radius 3 is 2.62 bits per heavy atom. The number of aliphatic hydroxyl groups is 2. The van der Waals surface area contributed by atoms with Gasteiger partial charge in [-0.2, -0.15) is 0 Å². The number of carbonyl (C=O) groups is 2. The first-order chi connectivity index (χ1) is 9.66. The van der Waals surface area contributed by atoms with E-state index in [2.05, 4.69) is 0 Å². The van der Waals surface area contributed by atoms with Crippen LogP contribution in [0.1, 0.15) is 33.1 Å². The maximum atomic E-state index is 11.8. The minimum atomic E-state index is -1.22. The smallest absolute Gasteiger partial charge is 0.334 e. The SMILES string of the molecule is C[C@]1(C(=O)O)C[C@H]2[C@@H](C1)[C@@](C)(O)CC1=C(COC1=O)[C@@H]2O. The molecule has 3 rings (SSSR count). The third-order valence-electron chi connectivity index (χ3n) is 5.48. The number of fused-ring (bicyclic) bond motifs is 1. The average molecular weight is 296 g/mol. The second-order valence-electron chi connectivity index (χ2n) is 7.10. The highest BCUT2D eigenvalue weighted by Crippen LogP contribution is 2.55. The summed E-state index contributed by atoms with van der Waals surface area (Å²) < 4.78 is 4.97. The molecule has 0 aromatic rings. The maximum Gasteiger partial charge on any atom is 0.334 e. The summed E-state index contributed by atoms with van der Waals surface area (Å²) in [5, 5.41) is 30.8. The minimum absolute atomic E-state index is 0.0401. The Morgan fingerprint density at radius 2 is 2.00 bits per heavy atom. The monoisotopic (exact) mass is 296 g/mol. The topological polar surface area (TPSA) is 104 Å². The molecule has 0 spiro atoms. The molecule has 116 valence electrons. The standard InChI is InChI=1S/C15H20O6/c1-14(13(18)19)3-8-10(5-14)15(2,20)4-7-9(11(8)16)6-21-12(7)17/h8,10-11,16,20H,3-6H2,1-2H3,(H,18,19)/t8-,10+,11+,14-,15-/m0/s1. The molecule has 1 aliphatic heterocycles. The van der Waals surface area contributed by atoms with Crippen LogP contribution < -0.4 is 0 Å². The van der Waals surface area contributed by atoms with Gasteiger partial charge >= 0.3 is 11.9 Å². The Bertz CT molecular complexity index is 548. The zero-order valence-corrected chi connectivity index (χ0v) is 12.1. The van der Waals surface area contributed by atoms with Gasteiger partial charge in [0.1, 0.15) is 6.61 Å². The predicted octanol–water partition coefficient (Wildman–Crippen LogP) is 0.472. The van der Waals surface area contributed by atoms with Gasteiger partial charge in [0.15, 0.2) is 0 Å². The quantitative estimate of drug-likeness (QED) is 0.608. The average Bonchev–Trinajstić information content (AvgIpc) is 2.90. The molecule has 0 aromatic carbocycles. The van der Waals surface area contributed by atoms with Gasteiger partial charge in [0.05, 0.1) is 17.1 Å². The summed E-state index contributed by atoms with van der Waals surface area (Å²) in [6, 6.07) is 0. The van der Waals surface area contributed by atoms with Gasteiger partial charge in [0.25, 0.3) is 0 Å². The molecule has 3 N–H and O–H groups in total.